The van der Waals surface area contributed by atoms with Crippen LogP contribution in [-0.2, 0) is 13.6 Å². The maximum Gasteiger partial charge on any atom is 0.277 e. The van der Waals surface area contributed by atoms with Gasteiger partial charge in [0, 0.05) is 25.1 Å². The zero-order valence-electron chi connectivity index (χ0n) is 12.8. The normalized spacial score (nSPS) is 10.7. The fraction of sp³-hybridized carbons (Fsp3) is 0.188. The molecular formula is C16H16BrN5O. The Morgan fingerprint density at radius 3 is 2.83 bits per heavy atom. The number of rotatable bonds is 4. The predicted molar refractivity (Wildman–Crippen MR) is 91.4 cm³/mol. The number of carbonyl (C=O) groups is 1. The second-order valence-corrected chi connectivity index (χ2v) is 6.02. The summed E-state index contributed by atoms with van der Waals surface area (Å²) >= 11 is 3.41. The van der Waals surface area contributed by atoms with Crippen molar-refractivity contribution in [2.75, 3.05) is 5.32 Å². The quantitative estimate of drug-likeness (QED) is 0.764. The molecule has 2 heterocycles. The molecule has 2 aromatic heterocycles. The zero-order chi connectivity index (χ0) is 16.4. The highest BCUT2D eigenvalue weighted by Gasteiger charge is 2.17. The minimum absolute atomic E-state index is 0.239. The van der Waals surface area contributed by atoms with Crippen molar-refractivity contribution in [3.8, 4) is 0 Å². The van der Waals surface area contributed by atoms with E-state index in [1.807, 2.05) is 55.2 Å². The van der Waals surface area contributed by atoms with E-state index in [1.165, 1.54) is 0 Å². The standard InChI is InChI=1S/C16H16BrN5O/c1-11-14(17)15(20-21(11)2)16(23)19-13-6-3-5-12(9-13)10-22-8-4-7-18-22/h3-9H,10H2,1-2H3,(H,19,23). The first-order valence-corrected chi connectivity index (χ1v) is 7.90. The monoisotopic (exact) mass is 373 g/mol. The molecule has 6 nitrogen and oxygen atoms in total. The number of nitrogens with one attached hydrogen (secondary N) is 1. The molecule has 0 bridgehead atoms. The van der Waals surface area contributed by atoms with E-state index in [9.17, 15) is 4.79 Å². The summed E-state index contributed by atoms with van der Waals surface area (Å²) in [5.74, 6) is -0.239. The number of aryl methyl sites for hydroxylation is 1. The number of hydrogen-bond acceptors (Lipinski definition) is 3. The number of nitrogens with zero attached hydrogens (tertiary/aromatic N) is 4. The first-order valence-electron chi connectivity index (χ1n) is 7.11. The van der Waals surface area contributed by atoms with Crippen molar-refractivity contribution >= 4 is 27.5 Å². The van der Waals surface area contributed by atoms with Gasteiger partial charge in [0.1, 0.15) is 0 Å². The lowest BCUT2D eigenvalue weighted by molar-refractivity contribution is 0.102. The van der Waals surface area contributed by atoms with Crippen LogP contribution in [0.1, 0.15) is 21.7 Å². The molecule has 7 heteroatoms. The molecule has 0 spiro atoms. The van der Waals surface area contributed by atoms with E-state index in [-0.39, 0.29) is 5.91 Å². The van der Waals surface area contributed by atoms with Crippen LogP contribution in [0.25, 0.3) is 0 Å². The summed E-state index contributed by atoms with van der Waals surface area (Å²) in [6, 6.07) is 9.58. The average molecular weight is 374 g/mol. The Kier molecular flexibility index (Phi) is 4.29. The summed E-state index contributed by atoms with van der Waals surface area (Å²) < 4.78 is 4.22. The molecule has 1 aromatic carbocycles. The third kappa shape index (κ3) is 3.34. The van der Waals surface area contributed by atoms with Gasteiger partial charge in [-0.3, -0.25) is 14.2 Å². The first kappa shape index (κ1) is 15.5. The van der Waals surface area contributed by atoms with Crippen LogP contribution in [0.3, 0.4) is 0 Å². The molecule has 0 aliphatic rings. The minimum Gasteiger partial charge on any atom is -0.321 e. The van der Waals surface area contributed by atoms with Gasteiger partial charge in [-0.05, 0) is 46.6 Å². The number of halogens is 1. The fourth-order valence-electron chi connectivity index (χ4n) is 2.25. The van der Waals surface area contributed by atoms with Crippen LogP contribution in [0.2, 0.25) is 0 Å². The molecule has 0 fully saturated rings. The molecule has 0 radical (unpaired) electrons. The Balaban J connectivity index is 1.77. The minimum atomic E-state index is -0.239. The van der Waals surface area contributed by atoms with Crippen LogP contribution in [0, 0.1) is 6.92 Å². The maximum absolute atomic E-state index is 12.4. The van der Waals surface area contributed by atoms with Crippen molar-refractivity contribution in [3.05, 3.63) is 64.1 Å². The van der Waals surface area contributed by atoms with Crippen LogP contribution < -0.4 is 5.32 Å². The third-order valence-electron chi connectivity index (χ3n) is 3.56. The van der Waals surface area contributed by atoms with E-state index in [2.05, 4.69) is 31.4 Å². The van der Waals surface area contributed by atoms with Crippen LogP contribution in [0.5, 0.6) is 0 Å². The molecule has 0 saturated carbocycles. The maximum atomic E-state index is 12.4. The molecule has 0 atom stereocenters. The van der Waals surface area contributed by atoms with Crippen molar-refractivity contribution in [1.29, 1.82) is 0 Å². The molecule has 1 amide bonds. The van der Waals surface area contributed by atoms with Gasteiger partial charge in [0.05, 0.1) is 16.7 Å². The van der Waals surface area contributed by atoms with E-state index < -0.39 is 0 Å². The van der Waals surface area contributed by atoms with Gasteiger partial charge in [0.2, 0.25) is 0 Å². The first-order chi connectivity index (χ1) is 11.0. The number of amides is 1. The number of carbonyl (C=O) groups excluding carboxylic acids is 1. The molecule has 0 aliphatic heterocycles. The lowest BCUT2D eigenvalue weighted by atomic mass is 10.2. The molecular weight excluding hydrogens is 358 g/mol. The van der Waals surface area contributed by atoms with Crippen molar-refractivity contribution in [1.82, 2.24) is 19.6 Å². The molecule has 3 aromatic rings. The second-order valence-electron chi connectivity index (χ2n) is 5.23. The van der Waals surface area contributed by atoms with E-state index in [0.717, 1.165) is 16.9 Å². The number of benzene rings is 1. The second kappa shape index (κ2) is 6.37. The zero-order valence-corrected chi connectivity index (χ0v) is 14.4. The van der Waals surface area contributed by atoms with E-state index in [1.54, 1.807) is 10.9 Å². The Bertz CT molecular complexity index is 838. The summed E-state index contributed by atoms with van der Waals surface area (Å²) in [7, 11) is 1.81. The van der Waals surface area contributed by atoms with E-state index >= 15 is 0 Å². The summed E-state index contributed by atoms with van der Waals surface area (Å²) in [5, 5.41) is 11.3. The van der Waals surface area contributed by atoms with Crippen molar-refractivity contribution in [2.24, 2.45) is 7.05 Å². The third-order valence-corrected chi connectivity index (χ3v) is 4.51. The van der Waals surface area contributed by atoms with Gasteiger partial charge in [0.15, 0.2) is 5.69 Å². The van der Waals surface area contributed by atoms with Gasteiger partial charge in [-0.25, -0.2) is 0 Å². The lowest BCUT2D eigenvalue weighted by Gasteiger charge is -2.07. The Morgan fingerprint density at radius 2 is 2.17 bits per heavy atom. The van der Waals surface area contributed by atoms with Crippen molar-refractivity contribution in [3.63, 3.8) is 0 Å². The van der Waals surface area contributed by atoms with Crippen LogP contribution in [0.15, 0.2) is 47.2 Å². The van der Waals surface area contributed by atoms with Gasteiger partial charge >= 0.3 is 0 Å². The Hall–Kier alpha value is -2.41. The average Bonchev–Trinajstić information content (AvgIpc) is 3.12. The molecule has 0 saturated heterocycles. The van der Waals surface area contributed by atoms with Crippen LogP contribution in [-0.4, -0.2) is 25.5 Å². The molecule has 118 valence electrons. The van der Waals surface area contributed by atoms with Crippen LogP contribution >= 0.6 is 15.9 Å². The van der Waals surface area contributed by atoms with Crippen molar-refractivity contribution in [2.45, 2.75) is 13.5 Å². The van der Waals surface area contributed by atoms with Gasteiger partial charge < -0.3 is 5.32 Å². The number of anilines is 1. The molecule has 0 unspecified atom stereocenters. The van der Waals surface area contributed by atoms with Crippen LogP contribution in [0.4, 0.5) is 5.69 Å². The summed E-state index contributed by atoms with van der Waals surface area (Å²) in [5.41, 5.74) is 3.07. The highest BCUT2D eigenvalue weighted by atomic mass is 79.9. The Morgan fingerprint density at radius 1 is 1.35 bits per heavy atom. The molecule has 3 rings (SSSR count). The number of aromatic nitrogens is 4. The molecule has 0 aliphatic carbocycles. The summed E-state index contributed by atoms with van der Waals surface area (Å²) in [6.45, 7) is 2.56. The highest BCUT2D eigenvalue weighted by molar-refractivity contribution is 9.10. The number of hydrogen-bond donors (Lipinski definition) is 1. The van der Waals surface area contributed by atoms with Crippen molar-refractivity contribution < 1.29 is 4.79 Å². The summed E-state index contributed by atoms with van der Waals surface area (Å²) in [4.78, 5) is 12.4. The van der Waals surface area contributed by atoms with E-state index in [4.69, 9.17) is 0 Å². The van der Waals surface area contributed by atoms with E-state index in [0.29, 0.717) is 16.7 Å². The largest absolute Gasteiger partial charge is 0.321 e. The van der Waals surface area contributed by atoms with Gasteiger partial charge in [-0.1, -0.05) is 12.1 Å². The molecule has 23 heavy (non-hydrogen) atoms. The predicted octanol–water partition coefficient (Wildman–Crippen LogP) is 2.99. The molecule has 1 N–H and O–H groups in total. The lowest BCUT2D eigenvalue weighted by Crippen LogP contribution is -2.14. The highest BCUT2D eigenvalue weighted by Crippen LogP contribution is 2.21. The Labute approximate surface area is 142 Å². The van der Waals surface area contributed by atoms with Gasteiger partial charge in [-0.15, -0.1) is 0 Å². The topological polar surface area (TPSA) is 64.7 Å². The van der Waals surface area contributed by atoms with Gasteiger partial charge in [-0.2, -0.15) is 10.2 Å². The smallest absolute Gasteiger partial charge is 0.277 e. The fourth-order valence-corrected chi connectivity index (χ4v) is 2.76. The van der Waals surface area contributed by atoms with Gasteiger partial charge in [0.25, 0.3) is 5.91 Å². The SMILES string of the molecule is Cc1c(Br)c(C(=O)Nc2cccc(Cn3cccn3)c2)nn1C. The summed E-state index contributed by atoms with van der Waals surface area (Å²) in [6.07, 6.45) is 3.64.